The Kier molecular flexibility index (Phi) is 6.50. The first kappa shape index (κ1) is 19.5. The first-order chi connectivity index (χ1) is 11.0. The van der Waals surface area contributed by atoms with E-state index in [1.807, 2.05) is 14.0 Å². The average molecular weight is 446 g/mol. The van der Waals surface area contributed by atoms with Gasteiger partial charge in [-0.05, 0) is 37.5 Å². The van der Waals surface area contributed by atoms with Gasteiger partial charge in [-0.3, -0.25) is 4.99 Å². The Morgan fingerprint density at radius 3 is 2.88 bits per heavy atom. The van der Waals surface area contributed by atoms with Crippen LogP contribution in [0.1, 0.15) is 44.8 Å². The second kappa shape index (κ2) is 8.01. The van der Waals surface area contributed by atoms with E-state index in [9.17, 15) is 0 Å². The fraction of sp³-hybridized carbons (Fsp3) is 0.824. The maximum Gasteiger partial charge on any atom is 0.193 e. The number of rotatable bonds is 3. The predicted molar refractivity (Wildman–Crippen MR) is 108 cm³/mol. The lowest BCUT2D eigenvalue weighted by Crippen LogP contribution is -2.43. The molecular formula is C17H31IN6. The summed E-state index contributed by atoms with van der Waals surface area (Å²) in [7, 11) is 1.90. The summed E-state index contributed by atoms with van der Waals surface area (Å²) in [6.07, 6.45) is 4.70. The molecule has 24 heavy (non-hydrogen) atoms. The predicted octanol–water partition coefficient (Wildman–Crippen LogP) is 2.46. The van der Waals surface area contributed by atoms with Gasteiger partial charge in [0.05, 0.1) is 0 Å². The molecular weight excluding hydrogens is 415 g/mol. The molecule has 3 rings (SSSR count). The van der Waals surface area contributed by atoms with Crippen molar-refractivity contribution < 1.29 is 0 Å². The zero-order valence-corrected chi connectivity index (χ0v) is 17.7. The molecule has 1 fully saturated rings. The Balaban J connectivity index is 0.00000208. The molecule has 2 aliphatic rings. The summed E-state index contributed by atoms with van der Waals surface area (Å²) in [6, 6.07) is 0. The molecule has 0 bridgehead atoms. The lowest BCUT2D eigenvalue weighted by molar-refractivity contribution is 0.317. The largest absolute Gasteiger partial charge is 0.356 e. The van der Waals surface area contributed by atoms with Crippen LogP contribution in [0.5, 0.6) is 0 Å². The van der Waals surface area contributed by atoms with Crippen molar-refractivity contribution >= 4 is 29.9 Å². The molecule has 2 unspecified atom stereocenters. The zero-order valence-electron chi connectivity index (χ0n) is 15.4. The normalized spacial score (nSPS) is 26.9. The maximum absolute atomic E-state index is 4.51. The molecule has 6 nitrogen and oxygen atoms in total. The van der Waals surface area contributed by atoms with Crippen LogP contribution in [0, 0.1) is 18.3 Å². The molecule has 3 heterocycles. The van der Waals surface area contributed by atoms with Crippen LogP contribution in [0.4, 0.5) is 0 Å². The van der Waals surface area contributed by atoms with Gasteiger partial charge >= 0.3 is 0 Å². The molecule has 0 saturated carbocycles. The Labute approximate surface area is 162 Å². The van der Waals surface area contributed by atoms with Gasteiger partial charge in [-0.1, -0.05) is 13.8 Å². The van der Waals surface area contributed by atoms with E-state index in [1.165, 1.54) is 19.3 Å². The number of nitrogens with zero attached hydrogens (tertiary/aromatic N) is 5. The van der Waals surface area contributed by atoms with Gasteiger partial charge in [0.1, 0.15) is 11.6 Å². The zero-order chi connectivity index (χ0) is 16.4. The first-order valence-electron chi connectivity index (χ1n) is 8.89. The van der Waals surface area contributed by atoms with Crippen molar-refractivity contribution in [2.24, 2.45) is 16.3 Å². The van der Waals surface area contributed by atoms with Crippen LogP contribution in [-0.4, -0.2) is 52.3 Å². The number of nitrogens with one attached hydrogen (secondary N) is 1. The SMILES string of the molecule is CCC1(C)CCN(C(=NC)NCC2CCc3nnc(C)n3C2)C1.I. The number of aliphatic imine (C=N–C) groups is 1. The van der Waals surface area contributed by atoms with E-state index in [4.69, 9.17) is 0 Å². The second-order valence-corrected chi connectivity index (χ2v) is 7.44. The van der Waals surface area contributed by atoms with Gasteiger partial charge in [0.2, 0.25) is 0 Å². The molecule has 2 atom stereocenters. The van der Waals surface area contributed by atoms with E-state index in [2.05, 4.69) is 43.8 Å². The fourth-order valence-corrected chi connectivity index (χ4v) is 3.76. The van der Waals surface area contributed by atoms with Crippen LogP contribution >= 0.6 is 24.0 Å². The van der Waals surface area contributed by atoms with Crippen LogP contribution in [0.3, 0.4) is 0 Å². The monoisotopic (exact) mass is 446 g/mol. The van der Waals surface area contributed by atoms with E-state index in [-0.39, 0.29) is 24.0 Å². The van der Waals surface area contributed by atoms with Crippen molar-refractivity contribution in [3.05, 3.63) is 11.6 Å². The third-order valence-electron chi connectivity index (χ3n) is 5.70. The van der Waals surface area contributed by atoms with Gasteiger partial charge in [0, 0.05) is 39.6 Å². The summed E-state index contributed by atoms with van der Waals surface area (Å²) >= 11 is 0. The molecule has 0 radical (unpaired) electrons. The Morgan fingerprint density at radius 1 is 1.42 bits per heavy atom. The van der Waals surface area contributed by atoms with Crippen molar-refractivity contribution in [3.63, 3.8) is 0 Å². The highest BCUT2D eigenvalue weighted by Crippen LogP contribution is 2.32. The highest BCUT2D eigenvalue weighted by atomic mass is 127. The highest BCUT2D eigenvalue weighted by Gasteiger charge is 2.33. The Hall–Kier alpha value is -0.860. The summed E-state index contributed by atoms with van der Waals surface area (Å²) in [5.74, 6) is 3.86. The topological polar surface area (TPSA) is 58.3 Å². The Morgan fingerprint density at radius 2 is 2.21 bits per heavy atom. The minimum absolute atomic E-state index is 0. The van der Waals surface area contributed by atoms with E-state index in [0.29, 0.717) is 11.3 Å². The second-order valence-electron chi connectivity index (χ2n) is 7.44. The molecule has 2 aliphatic heterocycles. The van der Waals surface area contributed by atoms with Crippen molar-refractivity contribution in [3.8, 4) is 0 Å². The number of aryl methyl sites for hydroxylation is 2. The fourth-order valence-electron chi connectivity index (χ4n) is 3.76. The number of hydrogen-bond donors (Lipinski definition) is 1. The summed E-state index contributed by atoms with van der Waals surface area (Å²) in [4.78, 5) is 6.92. The van der Waals surface area contributed by atoms with Crippen LogP contribution < -0.4 is 5.32 Å². The van der Waals surface area contributed by atoms with Crippen LogP contribution in [-0.2, 0) is 13.0 Å². The number of aromatic nitrogens is 3. The number of halogens is 1. The summed E-state index contributed by atoms with van der Waals surface area (Å²) < 4.78 is 2.27. The third kappa shape index (κ3) is 4.03. The lowest BCUT2D eigenvalue weighted by Gasteiger charge is -2.28. The average Bonchev–Trinajstić information content (AvgIpc) is 3.13. The van der Waals surface area contributed by atoms with E-state index >= 15 is 0 Å². The van der Waals surface area contributed by atoms with Crippen molar-refractivity contribution in [1.29, 1.82) is 0 Å². The molecule has 136 valence electrons. The highest BCUT2D eigenvalue weighted by molar-refractivity contribution is 14.0. The molecule has 1 aromatic heterocycles. The molecule has 0 amide bonds. The van der Waals surface area contributed by atoms with Gasteiger partial charge in [0.25, 0.3) is 0 Å². The molecule has 7 heteroatoms. The Bertz CT molecular complexity index is 584. The molecule has 0 aliphatic carbocycles. The van der Waals surface area contributed by atoms with E-state index in [0.717, 1.165) is 50.2 Å². The standard InChI is InChI=1S/C17H30N6.HI/c1-5-17(3)8-9-22(12-17)16(18-4)19-10-14-6-7-15-21-20-13(2)23(15)11-14;/h14H,5-12H2,1-4H3,(H,18,19);1H. The third-order valence-corrected chi connectivity index (χ3v) is 5.70. The van der Waals surface area contributed by atoms with Crippen molar-refractivity contribution in [2.75, 3.05) is 26.7 Å². The molecule has 1 aromatic rings. The summed E-state index contributed by atoms with van der Waals surface area (Å²) in [5.41, 5.74) is 0.441. The lowest BCUT2D eigenvalue weighted by atomic mass is 9.87. The minimum atomic E-state index is 0. The smallest absolute Gasteiger partial charge is 0.193 e. The van der Waals surface area contributed by atoms with Gasteiger partial charge in [0.15, 0.2) is 5.96 Å². The quantitative estimate of drug-likeness (QED) is 0.441. The van der Waals surface area contributed by atoms with Crippen molar-refractivity contribution in [1.82, 2.24) is 25.0 Å². The number of hydrogen-bond acceptors (Lipinski definition) is 3. The molecule has 0 spiro atoms. The molecule has 0 aromatic carbocycles. The van der Waals surface area contributed by atoms with Gasteiger partial charge in [-0.25, -0.2) is 0 Å². The van der Waals surface area contributed by atoms with Crippen LogP contribution in [0.2, 0.25) is 0 Å². The minimum Gasteiger partial charge on any atom is -0.356 e. The summed E-state index contributed by atoms with van der Waals surface area (Å²) in [5, 5.41) is 12.1. The number of fused-ring (bicyclic) bond motifs is 1. The van der Waals surface area contributed by atoms with Gasteiger partial charge in [-0.15, -0.1) is 34.2 Å². The molecule has 1 N–H and O–H groups in total. The number of likely N-dealkylation sites (tertiary alicyclic amines) is 1. The van der Waals surface area contributed by atoms with Gasteiger partial charge in [-0.2, -0.15) is 0 Å². The maximum atomic E-state index is 4.51. The van der Waals surface area contributed by atoms with Crippen LogP contribution in [0.15, 0.2) is 4.99 Å². The number of guanidine groups is 1. The van der Waals surface area contributed by atoms with Crippen molar-refractivity contribution in [2.45, 2.75) is 53.0 Å². The van der Waals surface area contributed by atoms with E-state index < -0.39 is 0 Å². The summed E-state index contributed by atoms with van der Waals surface area (Å²) in [6.45, 7) is 10.9. The first-order valence-corrected chi connectivity index (χ1v) is 8.89. The van der Waals surface area contributed by atoms with Crippen LogP contribution in [0.25, 0.3) is 0 Å². The molecule has 1 saturated heterocycles. The van der Waals surface area contributed by atoms with E-state index in [1.54, 1.807) is 0 Å². The van der Waals surface area contributed by atoms with Gasteiger partial charge < -0.3 is 14.8 Å².